The van der Waals surface area contributed by atoms with Gasteiger partial charge >= 0.3 is 0 Å². The number of carbonyl (C=O) groups excluding carboxylic acids is 2. The van der Waals surface area contributed by atoms with Crippen molar-refractivity contribution in [2.45, 2.75) is 19.3 Å². The van der Waals surface area contributed by atoms with E-state index in [0.29, 0.717) is 5.82 Å². The zero-order valence-electron chi connectivity index (χ0n) is 10.7. The van der Waals surface area contributed by atoms with Crippen LogP contribution in [-0.4, -0.2) is 34.8 Å². The molecule has 2 rings (SSSR count). The SMILES string of the molecule is O=C(/C=C\C(=O)N1CCCCC1)Nc1ccccn1. The molecule has 5 heteroatoms. The lowest BCUT2D eigenvalue weighted by atomic mass is 10.1. The molecule has 0 radical (unpaired) electrons. The van der Waals surface area contributed by atoms with Gasteiger partial charge in [-0.15, -0.1) is 0 Å². The van der Waals surface area contributed by atoms with E-state index in [1.165, 1.54) is 18.6 Å². The average Bonchev–Trinajstić information content (AvgIpc) is 2.47. The van der Waals surface area contributed by atoms with Crippen LogP contribution in [0.15, 0.2) is 36.5 Å². The first-order chi connectivity index (χ1) is 9.25. The molecule has 1 aromatic rings. The van der Waals surface area contributed by atoms with Gasteiger partial charge in [0.25, 0.3) is 0 Å². The van der Waals surface area contributed by atoms with E-state index < -0.39 is 0 Å². The molecule has 0 spiro atoms. The molecule has 1 aliphatic rings. The molecule has 100 valence electrons. The maximum Gasteiger partial charge on any atom is 0.249 e. The third kappa shape index (κ3) is 4.21. The average molecular weight is 259 g/mol. The number of carbonyl (C=O) groups is 2. The quantitative estimate of drug-likeness (QED) is 0.838. The fraction of sp³-hybridized carbons (Fsp3) is 0.357. The molecule has 1 aliphatic heterocycles. The van der Waals surface area contributed by atoms with Crippen molar-refractivity contribution in [3.05, 3.63) is 36.5 Å². The molecule has 0 atom stereocenters. The van der Waals surface area contributed by atoms with Gasteiger partial charge in [0.05, 0.1) is 0 Å². The minimum Gasteiger partial charge on any atom is -0.339 e. The monoisotopic (exact) mass is 259 g/mol. The smallest absolute Gasteiger partial charge is 0.249 e. The number of hydrogen-bond acceptors (Lipinski definition) is 3. The van der Waals surface area contributed by atoms with E-state index in [-0.39, 0.29) is 11.8 Å². The fourth-order valence-corrected chi connectivity index (χ4v) is 1.97. The summed E-state index contributed by atoms with van der Waals surface area (Å²) in [7, 11) is 0. The lowest BCUT2D eigenvalue weighted by Gasteiger charge is -2.25. The van der Waals surface area contributed by atoms with Gasteiger partial charge in [-0.2, -0.15) is 0 Å². The van der Waals surface area contributed by atoms with Gasteiger partial charge in [0.2, 0.25) is 11.8 Å². The molecule has 1 saturated heterocycles. The lowest BCUT2D eigenvalue weighted by molar-refractivity contribution is -0.127. The second kappa shape index (κ2) is 6.68. The Kier molecular flexibility index (Phi) is 4.66. The van der Waals surface area contributed by atoms with E-state index in [4.69, 9.17) is 0 Å². The standard InChI is InChI=1S/C14H17N3O2/c18-13(16-12-6-2-3-9-15-12)7-8-14(19)17-10-4-1-5-11-17/h2-3,6-9H,1,4-5,10-11H2,(H,15,16,18)/b8-7-. The molecule has 0 saturated carbocycles. The fourth-order valence-electron chi connectivity index (χ4n) is 1.97. The molecule has 19 heavy (non-hydrogen) atoms. The van der Waals surface area contributed by atoms with E-state index in [2.05, 4.69) is 10.3 Å². The summed E-state index contributed by atoms with van der Waals surface area (Å²) in [5.41, 5.74) is 0. The van der Waals surface area contributed by atoms with Crippen LogP contribution >= 0.6 is 0 Å². The van der Waals surface area contributed by atoms with Crippen molar-refractivity contribution in [3.8, 4) is 0 Å². The van der Waals surface area contributed by atoms with Crippen molar-refractivity contribution < 1.29 is 9.59 Å². The van der Waals surface area contributed by atoms with Crippen LogP contribution < -0.4 is 5.32 Å². The van der Waals surface area contributed by atoms with Crippen LogP contribution in [-0.2, 0) is 9.59 Å². The highest BCUT2D eigenvalue weighted by Gasteiger charge is 2.13. The molecule has 1 fully saturated rings. The normalized spacial score (nSPS) is 15.5. The largest absolute Gasteiger partial charge is 0.339 e. The summed E-state index contributed by atoms with van der Waals surface area (Å²) in [6.07, 6.45) is 7.43. The van der Waals surface area contributed by atoms with Gasteiger partial charge in [-0.25, -0.2) is 4.98 Å². The Morgan fingerprint density at radius 1 is 1.16 bits per heavy atom. The number of rotatable bonds is 3. The Labute approximate surface area is 112 Å². The van der Waals surface area contributed by atoms with Crippen molar-refractivity contribution in [1.82, 2.24) is 9.88 Å². The Morgan fingerprint density at radius 2 is 1.95 bits per heavy atom. The first-order valence-corrected chi connectivity index (χ1v) is 6.45. The second-order valence-corrected chi connectivity index (χ2v) is 4.42. The molecule has 0 bridgehead atoms. The molecule has 2 heterocycles. The summed E-state index contributed by atoms with van der Waals surface area (Å²) >= 11 is 0. The van der Waals surface area contributed by atoms with Gasteiger partial charge in [-0.1, -0.05) is 6.07 Å². The summed E-state index contributed by atoms with van der Waals surface area (Å²) in [6, 6.07) is 5.24. The predicted octanol–water partition coefficient (Wildman–Crippen LogP) is 1.59. The first-order valence-electron chi connectivity index (χ1n) is 6.45. The Bertz CT molecular complexity index is 465. The number of amides is 2. The number of nitrogens with one attached hydrogen (secondary N) is 1. The first kappa shape index (κ1) is 13.3. The van der Waals surface area contributed by atoms with Gasteiger partial charge < -0.3 is 10.2 Å². The van der Waals surface area contributed by atoms with Crippen LogP contribution in [0.1, 0.15) is 19.3 Å². The predicted molar refractivity (Wildman–Crippen MR) is 72.4 cm³/mol. The summed E-state index contributed by atoms with van der Waals surface area (Å²) in [6.45, 7) is 1.57. The van der Waals surface area contributed by atoms with Gasteiger partial charge in [0, 0.05) is 31.4 Å². The van der Waals surface area contributed by atoms with Crippen molar-refractivity contribution in [2.75, 3.05) is 18.4 Å². The highest BCUT2D eigenvalue weighted by atomic mass is 16.2. The van der Waals surface area contributed by atoms with E-state index in [9.17, 15) is 9.59 Å². The third-order valence-electron chi connectivity index (χ3n) is 2.96. The highest BCUT2D eigenvalue weighted by molar-refractivity contribution is 6.03. The Balaban J connectivity index is 1.84. The van der Waals surface area contributed by atoms with Crippen LogP contribution in [0.4, 0.5) is 5.82 Å². The maximum absolute atomic E-state index is 11.8. The van der Waals surface area contributed by atoms with E-state index in [1.54, 1.807) is 29.3 Å². The lowest BCUT2D eigenvalue weighted by Crippen LogP contribution is -2.34. The molecule has 0 unspecified atom stereocenters. The van der Waals surface area contributed by atoms with Crippen molar-refractivity contribution in [3.63, 3.8) is 0 Å². The Hall–Kier alpha value is -2.17. The summed E-state index contributed by atoms with van der Waals surface area (Å²) in [5, 5.41) is 2.59. The molecular formula is C14H17N3O2. The van der Waals surface area contributed by atoms with Gasteiger partial charge in [-0.05, 0) is 31.4 Å². The van der Waals surface area contributed by atoms with Gasteiger partial charge in [0.15, 0.2) is 0 Å². The van der Waals surface area contributed by atoms with Crippen LogP contribution in [0.25, 0.3) is 0 Å². The van der Waals surface area contributed by atoms with Crippen molar-refractivity contribution >= 4 is 17.6 Å². The molecule has 1 aromatic heterocycles. The van der Waals surface area contributed by atoms with Crippen LogP contribution in [0.2, 0.25) is 0 Å². The molecule has 5 nitrogen and oxygen atoms in total. The summed E-state index contributed by atoms with van der Waals surface area (Å²) in [4.78, 5) is 29.1. The van der Waals surface area contributed by atoms with Gasteiger partial charge in [0.1, 0.15) is 5.82 Å². The number of piperidine rings is 1. The molecule has 0 aliphatic carbocycles. The van der Waals surface area contributed by atoms with Crippen LogP contribution in [0, 0.1) is 0 Å². The van der Waals surface area contributed by atoms with E-state index in [1.807, 2.05) is 0 Å². The molecule has 2 amide bonds. The zero-order valence-corrected chi connectivity index (χ0v) is 10.7. The topological polar surface area (TPSA) is 62.3 Å². The second-order valence-electron chi connectivity index (χ2n) is 4.42. The van der Waals surface area contributed by atoms with E-state index in [0.717, 1.165) is 25.9 Å². The van der Waals surface area contributed by atoms with Crippen LogP contribution in [0.5, 0.6) is 0 Å². The third-order valence-corrected chi connectivity index (χ3v) is 2.96. The molecule has 1 N–H and O–H groups in total. The number of anilines is 1. The van der Waals surface area contributed by atoms with Crippen molar-refractivity contribution in [1.29, 1.82) is 0 Å². The minimum atomic E-state index is -0.343. The number of pyridine rings is 1. The van der Waals surface area contributed by atoms with E-state index >= 15 is 0 Å². The van der Waals surface area contributed by atoms with Crippen molar-refractivity contribution in [2.24, 2.45) is 0 Å². The van der Waals surface area contributed by atoms with Gasteiger partial charge in [-0.3, -0.25) is 9.59 Å². The zero-order chi connectivity index (χ0) is 13.5. The summed E-state index contributed by atoms with van der Waals surface area (Å²) in [5.74, 6) is 0.0301. The maximum atomic E-state index is 11.8. The van der Waals surface area contributed by atoms with Crippen LogP contribution in [0.3, 0.4) is 0 Å². The number of likely N-dealkylation sites (tertiary alicyclic amines) is 1. The Morgan fingerprint density at radius 3 is 2.63 bits per heavy atom. The summed E-state index contributed by atoms with van der Waals surface area (Å²) < 4.78 is 0. The molecule has 0 aromatic carbocycles. The minimum absolute atomic E-state index is 0.101. The number of nitrogens with zero attached hydrogens (tertiary/aromatic N) is 2. The molecular weight excluding hydrogens is 242 g/mol. The highest BCUT2D eigenvalue weighted by Crippen LogP contribution is 2.09. The number of aromatic nitrogens is 1. The number of hydrogen-bond donors (Lipinski definition) is 1.